The fourth-order valence-corrected chi connectivity index (χ4v) is 3.69. The monoisotopic (exact) mass is 545 g/mol. The highest BCUT2D eigenvalue weighted by Gasteiger charge is 2.25. The van der Waals surface area contributed by atoms with Crippen LogP contribution >= 0.6 is 11.8 Å². The van der Waals surface area contributed by atoms with Crippen LogP contribution < -0.4 is 26.6 Å². The zero-order valence-corrected chi connectivity index (χ0v) is 20.8. The average Bonchev–Trinajstić information content (AvgIpc) is 2.88. The van der Waals surface area contributed by atoms with Crippen molar-refractivity contribution in [1.82, 2.24) is 16.0 Å². The fraction of sp³-hybridized carbons (Fsp3) is 0.250. The van der Waals surface area contributed by atoms with Crippen LogP contribution in [0.4, 0.5) is 21.0 Å². The quantitative estimate of drug-likeness (QED) is 0.195. The van der Waals surface area contributed by atoms with Gasteiger partial charge in [0.05, 0.1) is 0 Å². The standard InChI is InChI=1S/C24H27N5O8S/c30-19(12-11-17(22(34)35)29-23(36)26-15-7-3-1-4-8-15)28-18(21(33)25-13-20(31)32)14-38-24(37)27-16-9-5-2-6-10-16/h1-10,17-18H,11-14H2,(H,25,33)(H,27,37)(H,28,30)(H,31,32)(H,34,35)(H2,26,29,36). The van der Waals surface area contributed by atoms with Crippen molar-refractivity contribution in [3.63, 3.8) is 0 Å². The number of anilines is 2. The second-order valence-corrected chi connectivity index (χ2v) is 8.71. The van der Waals surface area contributed by atoms with Crippen LogP contribution in [0.25, 0.3) is 0 Å². The Morgan fingerprint density at radius 3 is 1.89 bits per heavy atom. The second kappa shape index (κ2) is 15.5. The molecule has 0 heterocycles. The van der Waals surface area contributed by atoms with Crippen molar-refractivity contribution in [1.29, 1.82) is 0 Å². The van der Waals surface area contributed by atoms with E-state index in [0.717, 1.165) is 0 Å². The van der Waals surface area contributed by atoms with E-state index in [4.69, 9.17) is 5.11 Å². The van der Waals surface area contributed by atoms with Crippen LogP contribution in [0.15, 0.2) is 60.7 Å². The molecule has 2 rings (SSSR count). The van der Waals surface area contributed by atoms with Gasteiger partial charge in [0.15, 0.2) is 0 Å². The third kappa shape index (κ3) is 11.4. The number of urea groups is 1. The Balaban J connectivity index is 1.92. The molecule has 13 nitrogen and oxygen atoms in total. The topological polar surface area (TPSA) is 203 Å². The van der Waals surface area contributed by atoms with E-state index in [1.807, 2.05) is 0 Å². The van der Waals surface area contributed by atoms with Crippen LogP contribution in [0.2, 0.25) is 0 Å². The molecule has 5 amide bonds. The molecule has 0 spiro atoms. The maximum atomic E-state index is 12.5. The lowest BCUT2D eigenvalue weighted by molar-refractivity contribution is -0.139. The Hall–Kier alpha value is -4.59. The van der Waals surface area contributed by atoms with Crippen molar-refractivity contribution in [2.45, 2.75) is 24.9 Å². The number of amides is 5. The summed E-state index contributed by atoms with van der Waals surface area (Å²) in [7, 11) is 0. The number of carboxylic acid groups (broad SMARTS) is 2. The number of aliphatic carboxylic acids is 2. The summed E-state index contributed by atoms with van der Waals surface area (Å²) in [6.07, 6.45) is -0.680. The van der Waals surface area contributed by atoms with Crippen LogP contribution in [0.3, 0.4) is 0 Å². The van der Waals surface area contributed by atoms with Gasteiger partial charge in [-0.3, -0.25) is 19.2 Å². The number of para-hydroxylation sites is 2. The Labute approximate surface area is 221 Å². The summed E-state index contributed by atoms with van der Waals surface area (Å²) in [6.45, 7) is -0.701. The molecular formula is C24H27N5O8S. The van der Waals surface area contributed by atoms with Crippen molar-refractivity contribution in [2.24, 2.45) is 0 Å². The van der Waals surface area contributed by atoms with Gasteiger partial charge in [0.1, 0.15) is 18.6 Å². The van der Waals surface area contributed by atoms with Crippen molar-refractivity contribution in [3.05, 3.63) is 60.7 Å². The molecule has 14 heteroatoms. The van der Waals surface area contributed by atoms with E-state index in [1.165, 1.54) is 0 Å². The molecule has 0 bridgehead atoms. The molecule has 2 aromatic rings. The SMILES string of the molecule is O=C(O)CNC(=O)C(CSC(=O)Nc1ccccc1)NC(=O)CCC(NC(=O)Nc1ccccc1)C(=O)O. The molecule has 0 radical (unpaired) electrons. The van der Waals surface area contributed by atoms with Gasteiger partial charge >= 0.3 is 18.0 Å². The van der Waals surface area contributed by atoms with E-state index in [2.05, 4.69) is 26.6 Å². The number of nitrogens with one attached hydrogen (secondary N) is 5. The summed E-state index contributed by atoms with van der Waals surface area (Å²) < 4.78 is 0. The maximum Gasteiger partial charge on any atom is 0.326 e. The van der Waals surface area contributed by atoms with Crippen molar-refractivity contribution in [2.75, 3.05) is 22.9 Å². The summed E-state index contributed by atoms with van der Waals surface area (Å²) in [4.78, 5) is 71.6. The number of carboxylic acids is 2. The molecule has 202 valence electrons. The lowest BCUT2D eigenvalue weighted by Crippen LogP contribution is -2.50. The number of rotatable bonds is 13. The predicted octanol–water partition coefficient (Wildman–Crippen LogP) is 1.69. The van der Waals surface area contributed by atoms with E-state index in [0.29, 0.717) is 23.1 Å². The normalized spacial score (nSPS) is 11.8. The van der Waals surface area contributed by atoms with E-state index >= 15 is 0 Å². The first-order valence-electron chi connectivity index (χ1n) is 11.3. The van der Waals surface area contributed by atoms with Crippen molar-refractivity contribution in [3.8, 4) is 0 Å². The van der Waals surface area contributed by atoms with Gasteiger partial charge in [0, 0.05) is 23.5 Å². The Morgan fingerprint density at radius 2 is 1.34 bits per heavy atom. The fourth-order valence-electron chi connectivity index (χ4n) is 2.95. The number of benzene rings is 2. The average molecular weight is 546 g/mol. The van der Waals surface area contributed by atoms with Crippen LogP contribution in [-0.2, 0) is 19.2 Å². The third-order valence-corrected chi connectivity index (χ3v) is 5.63. The Bertz CT molecular complexity index is 1130. The lowest BCUT2D eigenvalue weighted by atomic mass is 10.1. The van der Waals surface area contributed by atoms with Crippen molar-refractivity contribution >= 4 is 58.2 Å². The molecule has 2 aromatic carbocycles. The number of carbonyl (C=O) groups is 6. The number of hydrogen-bond donors (Lipinski definition) is 7. The molecular weight excluding hydrogens is 518 g/mol. The van der Waals surface area contributed by atoms with Crippen LogP contribution in [0.5, 0.6) is 0 Å². The van der Waals surface area contributed by atoms with Crippen LogP contribution in [0, 0.1) is 0 Å². The van der Waals surface area contributed by atoms with E-state index in [-0.39, 0.29) is 18.6 Å². The minimum Gasteiger partial charge on any atom is -0.480 e. The summed E-state index contributed by atoms with van der Waals surface area (Å²) in [6, 6.07) is 13.4. The van der Waals surface area contributed by atoms with Gasteiger partial charge in [-0.2, -0.15) is 0 Å². The molecule has 2 atom stereocenters. The third-order valence-electron chi connectivity index (χ3n) is 4.76. The van der Waals surface area contributed by atoms with Gasteiger partial charge in [0.2, 0.25) is 11.8 Å². The molecule has 2 unspecified atom stereocenters. The number of hydrogen-bond acceptors (Lipinski definition) is 7. The largest absolute Gasteiger partial charge is 0.480 e. The Morgan fingerprint density at radius 1 is 0.763 bits per heavy atom. The highest BCUT2D eigenvalue weighted by Crippen LogP contribution is 2.12. The van der Waals surface area contributed by atoms with Crippen molar-refractivity contribution < 1.29 is 39.0 Å². The molecule has 0 aliphatic rings. The summed E-state index contributed by atoms with van der Waals surface area (Å²) in [5, 5.41) is 29.6. The molecule has 0 fully saturated rings. The van der Waals surface area contributed by atoms with E-state index < -0.39 is 53.7 Å². The predicted molar refractivity (Wildman–Crippen MR) is 140 cm³/mol. The summed E-state index contributed by atoms with van der Waals surface area (Å²) in [5.41, 5.74) is 0.959. The Kier molecular flexibility index (Phi) is 12.1. The van der Waals surface area contributed by atoms with Crippen LogP contribution in [0.1, 0.15) is 12.8 Å². The first-order valence-corrected chi connectivity index (χ1v) is 12.3. The first kappa shape index (κ1) is 29.6. The molecule has 0 aromatic heterocycles. The van der Waals surface area contributed by atoms with Gasteiger partial charge < -0.3 is 36.8 Å². The van der Waals surface area contributed by atoms with Gasteiger partial charge in [-0.15, -0.1) is 0 Å². The molecule has 0 aliphatic carbocycles. The minimum atomic E-state index is -1.41. The van der Waals surface area contributed by atoms with Gasteiger partial charge in [-0.1, -0.05) is 48.2 Å². The number of carbonyl (C=O) groups excluding carboxylic acids is 4. The van der Waals surface area contributed by atoms with Gasteiger partial charge in [-0.25, -0.2) is 9.59 Å². The van der Waals surface area contributed by atoms with Crippen LogP contribution in [-0.4, -0.2) is 69.6 Å². The van der Waals surface area contributed by atoms with Gasteiger partial charge in [0.25, 0.3) is 5.24 Å². The summed E-state index contributed by atoms with van der Waals surface area (Å²) in [5.74, 6) is -4.47. The lowest BCUT2D eigenvalue weighted by Gasteiger charge is -2.19. The highest BCUT2D eigenvalue weighted by molar-refractivity contribution is 8.13. The minimum absolute atomic E-state index is 0.226. The second-order valence-electron chi connectivity index (χ2n) is 7.72. The smallest absolute Gasteiger partial charge is 0.326 e. The number of thioether (sulfide) groups is 1. The van der Waals surface area contributed by atoms with Gasteiger partial charge in [-0.05, 0) is 30.7 Å². The molecule has 0 saturated carbocycles. The molecule has 7 N–H and O–H groups in total. The molecule has 0 saturated heterocycles. The zero-order chi connectivity index (χ0) is 27.9. The summed E-state index contributed by atoms with van der Waals surface area (Å²) >= 11 is 0.690. The van der Waals surface area contributed by atoms with E-state index in [1.54, 1.807) is 60.7 Å². The highest BCUT2D eigenvalue weighted by atomic mass is 32.2. The van der Waals surface area contributed by atoms with E-state index in [9.17, 15) is 33.9 Å². The zero-order valence-electron chi connectivity index (χ0n) is 20.0. The molecule has 0 aliphatic heterocycles. The first-order chi connectivity index (χ1) is 18.1. The molecule has 38 heavy (non-hydrogen) atoms. The maximum absolute atomic E-state index is 12.5.